The van der Waals surface area contributed by atoms with Crippen molar-refractivity contribution in [2.75, 3.05) is 47.8 Å². The van der Waals surface area contributed by atoms with Gasteiger partial charge in [0, 0.05) is 6.42 Å². The van der Waals surface area contributed by atoms with Crippen LogP contribution in [-0.4, -0.2) is 74.9 Å². The van der Waals surface area contributed by atoms with Crippen molar-refractivity contribution < 1.29 is 66.5 Å². The molecule has 0 aromatic carbocycles. The second-order valence-electron chi connectivity index (χ2n) is 7.84. The van der Waals surface area contributed by atoms with Crippen LogP contribution in [0.15, 0.2) is 0 Å². The van der Waals surface area contributed by atoms with E-state index in [1.165, 1.54) is 12.8 Å². The summed E-state index contributed by atoms with van der Waals surface area (Å²) in [6.07, 6.45) is 3.61. The number of hydrogen-bond acceptors (Lipinski definition) is 2. The lowest BCUT2D eigenvalue weighted by molar-refractivity contribution is -0.940. The molecule has 0 amide bonds. The number of nitrogens with zero attached hydrogens (tertiary/aromatic N) is 2. The fourth-order valence-corrected chi connectivity index (χ4v) is 3.76. The van der Waals surface area contributed by atoms with Gasteiger partial charge in [-0.15, -0.1) is 0 Å². The summed E-state index contributed by atoms with van der Waals surface area (Å²) in [5.41, 5.74) is 0. The third kappa shape index (κ3) is 5.76. The Morgan fingerprint density at radius 2 is 1.76 bits per heavy atom. The van der Waals surface area contributed by atoms with Crippen molar-refractivity contribution in [2.24, 2.45) is 5.92 Å². The lowest BCUT2D eigenvalue weighted by Gasteiger charge is -2.50. The minimum Gasteiger partial charge on any atom is -1.00 e. The number of rotatable bonds is 4. The zero-order valence-electron chi connectivity index (χ0n) is 13.9. The Hall–Kier alpha value is 0.850. The maximum absolute atomic E-state index is 12.4. The molecule has 3 aliphatic rings. The number of likely N-dealkylation sites (N-methyl/N-ethyl adjacent to an activating group) is 2. The van der Waals surface area contributed by atoms with Crippen LogP contribution in [0, 0.1) is 5.92 Å². The molecule has 2 atom stereocenters. The molecule has 3 fully saturated rings. The molecule has 0 spiro atoms. The van der Waals surface area contributed by atoms with E-state index in [0.717, 1.165) is 40.9 Å². The molecule has 0 N–H and O–H groups in total. The van der Waals surface area contributed by atoms with Gasteiger partial charge in [-0.05, 0) is 25.7 Å². The molecule has 2 unspecified atom stereocenters. The topological polar surface area (TPSA) is 26.3 Å². The van der Waals surface area contributed by atoms with Gasteiger partial charge in [0.1, 0.15) is 12.6 Å². The van der Waals surface area contributed by atoms with Gasteiger partial charge in [-0.25, -0.2) is 4.79 Å². The van der Waals surface area contributed by atoms with E-state index >= 15 is 0 Å². The van der Waals surface area contributed by atoms with Crippen molar-refractivity contribution in [2.45, 2.75) is 38.3 Å². The first-order valence-electron chi connectivity index (χ1n) is 7.55. The van der Waals surface area contributed by atoms with E-state index < -0.39 is 0 Å². The van der Waals surface area contributed by atoms with Crippen LogP contribution in [0.3, 0.4) is 0 Å². The van der Waals surface area contributed by atoms with Gasteiger partial charge in [0.25, 0.3) is 0 Å². The Kier molecular flexibility index (Phi) is 8.43. The Balaban J connectivity index is 0.00000200. The van der Waals surface area contributed by atoms with Crippen molar-refractivity contribution in [3.63, 3.8) is 0 Å². The first-order chi connectivity index (χ1) is 8.70. The summed E-state index contributed by atoms with van der Waals surface area (Å²) in [6.45, 7) is 5.17. The lowest BCUT2D eigenvalue weighted by atomic mass is 9.81. The van der Waals surface area contributed by atoms with Gasteiger partial charge in [0.05, 0.1) is 41.3 Å². The molecular weight excluding hydrogens is 494 g/mol. The molecule has 2 bridgehead atoms. The minimum atomic E-state index is 0. The molecule has 21 heavy (non-hydrogen) atoms. The number of hydrogen-bond donors (Lipinski definition) is 0. The molecule has 0 saturated carbocycles. The highest BCUT2D eigenvalue weighted by atomic mass is 127. The molecule has 0 radical (unpaired) electrons. The molecule has 3 aliphatic heterocycles. The van der Waals surface area contributed by atoms with Gasteiger partial charge in [-0.1, -0.05) is 0 Å². The van der Waals surface area contributed by atoms with Crippen molar-refractivity contribution in [1.82, 2.24) is 0 Å². The van der Waals surface area contributed by atoms with E-state index in [2.05, 4.69) is 28.2 Å². The number of ether oxygens (including phenoxy) is 1. The van der Waals surface area contributed by atoms with Crippen LogP contribution in [0.4, 0.5) is 0 Å². The molecule has 126 valence electrons. The normalized spacial score (nSPS) is 32.6. The van der Waals surface area contributed by atoms with Crippen molar-refractivity contribution >= 4 is 5.97 Å². The maximum atomic E-state index is 12.4. The summed E-state index contributed by atoms with van der Waals surface area (Å²) in [4.78, 5) is 12.4. The summed E-state index contributed by atoms with van der Waals surface area (Å²) < 4.78 is 7.45. The third-order valence-corrected chi connectivity index (χ3v) is 4.80. The van der Waals surface area contributed by atoms with Crippen LogP contribution in [0.2, 0.25) is 0 Å². The van der Waals surface area contributed by atoms with E-state index in [-0.39, 0.29) is 66.1 Å². The Bertz CT molecular complexity index is 350. The highest BCUT2D eigenvalue weighted by molar-refractivity contribution is 5.75. The fraction of sp³-hybridized carbons (Fsp3) is 0.933. The van der Waals surface area contributed by atoms with Crippen molar-refractivity contribution in [3.8, 4) is 0 Å². The first kappa shape index (κ1) is 21.9. The summed E-state index contributed by atoms with van der Waals surface area (Å²) >= 11 is 0. The number of fused-ring (bicyclic) bond motifs is 3. The van der Waals surface area contributed by atoms with Crippen LogP contribution in [0.5, 0.6) is 0 Å². The maximum Gasteiger partial charge on any atom is 0.365 e. The van der Waals surface area contributed by atoms with Crippen LogP contribution < -0.4 is 48.0 Å². The monoisotopic (exact) mass is 524 g/mol. The second-order valence-corrected chi connectivity index (χ2v) is 7.84. The van der Waals surface area contributed by atoms with Gasteiger partial charge in [0.2, 0.25) is 0 Å². The SMILES string of the molecule is CC(C[N+](C)(C)C)OC(=O)C1CC2CC[N+]1(C)CC2.[I-].[I-]. The summed E-state index contributed by atoms with van der Waals surface area (Å²) in [6, 6.07) is 0.0856. The van der Waals surface area contributed by atoms with E-state index in [1.54, 1.807) is 0 Å². The molecule has 4 nitrogen and oxygen atoms in total. The van der Waals surface area contributed by atoms with Gasteiger partial charge < -0.3 is 61.7 Å². The highest BCUT2D eigenvalue weighted by Crippen LogP contribution is 2.37. The molecule has 0 aromatic heterocycles. The average Bonchev–Trinajstić information content (AvgIpc) is 2.26. The molecule has 6 heteroatoms. The zero-order valence-corrected chi connectivity index (χ0v) is 18.3. The predicted octanol–water partition coefficient (Wildman–Crippen LogP) is -4.74. The van der Waals surface area contributed by atoms with E-state index in [0.29, 0.717) is 0 Å². The number of quaternary nitrogens is 2. The average molecular weight is 524 g/mol. The van der Waals surface area contributed by atoms with Crippen molar-refractivity contribution in [3.05, 3.63) is 0 Å². The number of carbonyl (C=O) groups excluding carboxylic acids is 1. The van der Waals surface area contributed by atoms with Gasteiger partial charge >= 0.3 is 5.97 Å². The highest BCUT2D eigenvalue weighted by Gasteiger charge is 2.49. The third-order valence-electron chi connectivity index (χ3n) is 4.80. The Morgan fingerprint density at radius 3 is 2.19 bits per heavy atom. The minimum absolute atomic E-state index is 0. The molecule has 0 aromatic rings. The number of esters is 1. The summed E-state index contributed by atoms with van der Waals surface area (Å²) in [5.74, 6) is 0.791. The van der Waals surface area contributed by atoms with E-state index in [1.807, 2.05) is 6.92 Å². The van der Waals surface area contributed by atoms with Crippen molar-refractivity contribution in [1.29, 1.82) is 0 Å². The van der Waals surface area contributed by atoms with E-state index in [4.69, 9.17) is 4.74 Å². The molecule has 0 aliphatic carbocycles. The van der Waals surface area contributed by atoms with Gasteiger partial charge in [0.15, 0.2) is 6.04 Å². The zero-order chi connectivity index (χ0) is 14.3. The van der Waals surface area contributed by atoms with Crippen LogP contribution in [-0.2, 0) is 9.53 Å². The second kappa shape index (κ2) is 8.10. The summed E-state index contributed by atoms with van der Waals surface area (Å²) in [5, 5.41) is 0. The lowest BCUT2D eigenvalue weighted by Crippen LogP contribution is -3.00. The molecule has 3 rings (SSSR count). The van der Waals surface area contributed by atoms with Crippen LogP contribution in [0.25, 0.3) is 0 Å². The predicted molar refractivity (Wildman–Crippen MR) is 75.5 cm³/mol. The first-order valence-corrected chi connectivity index (χ1v) is 7.55. The van der Waals surface area contributed by atoms with Gasteiger partial charge in [-0.3, -0.25) is 0 Å². The summed E-state index contributed by atoms with van der Waals surface area (Å²) in [7, 11) is 8.62. The standard InChI is InChI=1S/C15H30N2O2.2HI/c1-12(11-16(2,3)4)19-15(18)14-10-13-6-8-17(14,5)9-7-13;;/h12-14H,6-11H2,1-5H3;2*1H/q+2;;/p-2. The van der Waals surface area contributed by atoms with Crippen LogP contribution in [0.1, 0.15) is 26.2 Å². The molecule has 3 saturated heterocycles. The molecule has 3 heterocycles. The van der Waals surface area contributed by atoms with Crippen LogP contribution >= 0.6 is 0 Å². The smallest absolute Gasteiger partial charge is 0.365 e. The number of halogens is 2. The van der Waals surface area contributed by atoms with E-state index in [9.17, 15) is 4.79 Å². The fourth-order valence-electron chi connectivity index (χ4n) is 3.76. The molecular formula is C15H30I2N2O2. The quantitative estimate of drug-likeness (QED) is 0.210. The Labute approximate surface area is 163 Å². The largest absolute Gasteiger partial charge is 1.00 e. The number of piperidine rings is 3. The number of carbonyl (C=O) groups is 1. The van der Waals surface area contributed by atoms with Gasteiger partial charge in [-0.2, -0.15) is 0 Å². The Morgan fingerprint density at radius 1 is 1.24 bits per heavy atom.